The lowest BCUT2D eigenvalue weighted by molar-refractivity contribution is 0.0866. The number of hydrogen-bond donors (Lipinski definition) is 2. The number of nitrogens with one attached hydrogen (secondary N) is 2. The monoisotopic (exact) mass is 624 g/mol. The predicted molar refractivity (Wildman–Crippen MR) is 183 cm³/mol. The van der Waals surface area contributed by atoms with E-state index in [1.54, 1.807) is 6.20 Å². The third-order valence-electron chi connectivity index (χ3n) is 9.83. The molecule has 0 bridgehead atoms. The van der Waals surface area contributed by atoms with Crippen molar-refractivity contribution in [3.8, 4) is 6.07 Å². The molecule has 2 atom stereocenters. The summed E-state index contributed by atoms with van der Waals surface area (Å²) >= 11 is 6.89. The Balaban J connectivity index is 1.31. The highest BCUT2D eigenvalue weighted by atomic mass is 35.5. The van der Waals surface area contributed by atoms with Crippen molar-refractivity contribution >= 4 is 33.9 Å². The quantitative estimate of drug-likeness (QED) is 0.203. The van der Waals surface area contributed by atoms with Crippen molar-refractivity contribution in [1.82, 2.24) is 24.9 Å². The number of halogens is 1. The van der Waals surface area contributed by atoms with Crippen LogP contribution in [0.25, 0.3) is 10.9 Å². The van der Waals surface area contributed by atoms with Gasteiger partial charge in [-0.1, -0.05) is 66.4 Å². The number of aromatic nitrogens is 4. The van der Waals surface area contributed by atoms with Gasteiger partial charge in [-0.15, -0.1) is 5.10 Å². The molecule has 1 aliphatic heterocycles. The molecule has 0 radical (unpaired) electrons. The van der Waals surface area contributed by atoms with Crippen molar-refractivity contribution in [3.63, 3.8) is 0 Å². The highest BCUT2D eigenvalue weighted by molar-refractivity contribution is 6.35. The average molecular weight is 625 g/mol. The second kappa shape index (κ2) is 13.4. The zero-order chi connectivity index (χ0) is 31.6. The number of rotatable bonds is 8. The molecule has 236 valence electrons. The van der Waals surface area contributed by atoms with Crippen LogP contribution < -0.4 is 10.6 Å². The Bertz CT molecular complexity index is 1640. The number of anilines is 2. The number of nitrogens with zero attached hydrogens (tertiary/aromatic N) is 6. The molecular weight excluding hydrogens is 580 g/mol. The number of hydrogen-bond acceptors (Lipinski definition) is 7. The fraction of sp³-hybridized carbons (Fsp3) is 0.500. The maximum atomic E-state index is 10.0. The van der Waals surface area contributed by atoms with Crippen LogP contribution in [0.4, 0.5) is 11.4 Å². The predicted octanol–water partition coefficient (Wildman–Crippen LogP) is 8.37. The molecule has 1 aliphatic carbocycles. The second-order valence-electron chi connectivity index (χ2n) is 13.8. The molecule has 1 saturated carbocycles. The molecule has 2 fully saturated rings. The van der Waals surface area contributed by atoms with Crippen LogP contribution in [0.1, 0.15) is 102 Å². The third-order valence-corrected chi connectivity index (χ3v) is 10.1. The van der Waals surface area contributed by atoms with E-state index in [1.165, 1.54) is 32.1 Å². The first kappa shape index (κ1) is 31.3. The molecule has 0 spiro atoms. The van der Waals surface area contributed by atoms with Crippen LogP contribution in [0.2, 0.25) is 5.02 Å². The van der Waals surface area contributed by atoms with Crippen LogP contribution in [0.5, 0.6) is 0 Å². The van der Waals surface area contributed by atoms with Gasteiger partial charge in [-0.05, 0) is 77.0 Å². The molecular formula is C36H45ClN8. The molecule has 2 aromatic carbocycles. The highest BCUT2D eigenvalue weighted by Gasteiger charge is 2.29. The van der Waals surface area contributed by atoms with Crippen LogP contribution in [-0.2, 0) is 0 Å². The minimum Gasteiger partial charge on any atom is -0.381 e. The van der Waals surface area contributed by atoms with Crippen LogP contribution >= 0.6 is 11.6 Å². The molecule has 3 heterocycles. The van der Waals surface area contributed by atoms with Crippen LogP contribution in [0, 0.1) is 17.2 Å². The van der Waals surface area contributed by atoms with E-state index in [9.17, 15) is 5.26 Å². The van der Waals surface area contributed by atoms with Crippen molar-refractivity contribution < 1.29 is 0 Å². The van der Waals surface area contributed by atoms with Gasteiger partial charge in [0.05, 0.1) is 40.1 Å². The van der Waals surface area contributed by atoms with Gasteiger partial charge in [-0.3, -0.25) is 9.88 Å². The molecule has 8 nitrogen and oxygen atoms in total. The molecule has 1 saturated heterocycles. The van der Waals surface area contributed by atoms with E-state index < -0.39 is 0 Å². The Kier molecular flexibility index (Phi) is 9.30. The van der Waals surface area contributed by atoms with Gasteiger partial charge >= 0.3 is 0 Å². The number of likely N-dealkylation sites (tertiary alicyclic amines) is 1. The molecule has 6 rings (SSSR count). The van der Waals surface area contributed by atoms with E-state index in [2.05, 4.69) is 93.7 Å². The van der Waals surface area contributed by atoms with Crippen molar-refractivity contribution in [1.29, 1.82) is 5.26 Å². The van der Waals surface area contributed by atoms with Crippen LogP contribution in [0.15, 0.2) is 54.9 Å². The number of pyridine rings is 1. The standard InChI is InChI=1S/C36H45ClN8/c1-24(25-11-7-5-8-12-25)40-33-27(21-38)22-39-35-30(33)19-28(20-31(35)37)41-34(26-13-9-6-10-14-26)32-23-45(43-42-32)29-15-17-44(18-16-29)36(2,3)4/h6,9-10,13-14,19-20,22-25,29,34,41H,5,7-8,11-12,15-18H2,1-4H3,(H,39,40). The maximum Gasteiger partial charge on any atom is 0.109 e. The van der Waals surface area contributed by atoms with Crippen molar-refractivity contribution in [2.45, 2.75) is 96.3 Å². The first-order valence-corrected chi connectivity index (χ1v) is 16.9. The average Bonchev–Trinajstić information content (AvgIpc) is 3.54. The molecule has 4 aromatic rings. The summed E-state index contributed by atoms with van der Waals surface area (Å²) in [6, 6.07) is 17.0. The van der Waals surface area contributed by atoms with Crippen LogP contribution in [0.3, 0.4) is 0 Å². The molecule has 2 unspecified atom stereocenters. The number of piperidine rings is 1. The van der Waals surface area contributed by atoms with E-state index in [-0.39, 0.29) is 17.6 Å². The third kappa shape index (κ3) is 6.95. The Morgan fingerprint density at radius 2 is 1.73 bits per heavy atom. The Morgan fingerprint density at radius 1 is 1.00 bits per heavy atom. The molecule has 9 heteroatoms. The number of nitriles is 1. The summed E-state index contributed by atoms with van der Waals surface area (Å²) in [5.74, 6) is 0.580. The zero-order valence-corrected chi connectivity index (χ0v) is 27.7. The van der Waals surface area contributed by atoms with E-state index in [0.717, 1.165) is 53.9 Å². The summed E-state index contributed by atoms with van der Waals surface area (Å²) in [6.07, 6.45) is 12.1. The minimum absolute atomic E-state index is 0.175. The van der Waals surface area contributed by atoms with Gasteiger partial charge < -0.3 is 10.6 Å². The summed E-state index contributed by atoms with van der Waals surface area (Å²) in [6.45, 7) is 11.2. The van der Waals surface area contributed by atoms with Crippen molar-refractivity contribution in [3.05, 3.63) is 76.7 Å². The highest BCUT2D eigenvalue weighted by Crippen LogP contribution is 2.37. The van der Waals surface area contributed by atoms with Gasteiger partial charge in [-0.25, -0.2) is 4.68 Å². The van der Waals surface area contributed by atoms with Gasteiger partial charge in [0.25, 0.3) is 0 Å². The summed E-state index contributed by atoms with van der Waals surface area (Å²) in [5.41, 5.74) is 4.95. The summed E-state index contributed by atoms with van der Waals surface area (Å²) in [4.78, 5) is 7.14. The number of benzene rings is 2. The van der Waals surface area contributed by atoms with E-state index >= 15 is 0 Å². The maximum absolute atomic E-state index is 10.0. The molecule has 45 heavy (non-hydrogen) atoms. The zero-order valence-electron chi connectivity index (χ0n) is 26.9. The topological polar surface area (TPSA) is 94.7 Å². The lowest BCUT2D eigenvalue weighted by Gasteiger charge is -2.40. The lowest BCUT2D eigenvalue weighted by atomic mass is 9.84. The fourth-order valence-electron chi connectivity index (χ4n) is 7.11. The summed E-state index contributed by atoms with van der Waals surface area (Å²) in [5, 5.41) is 28.2. The van der Waals surface area contributed by atoms with Crippen molar-refractivity contribution in [2.24, 2.45) is 5.92 Å². The Labute approximate surface area is 272 Å². The SMILES string of the molecule is CC(Nc1c(C#N)cnc2c(Cl)cc(NC(c3ccccc3)c3cn(C4CCN(C(C)(C)C)CC4)nn3)cc12)C1CCCCC1. The first-order chi connectivity index (χ1) is 21.7. The van der Waals surface area contributed by atoms with Gasteiger partial charge in [0.1, 0.15) is 11.8 Å². The minimum atomic E-state index is -0.243. The van der Waals surface area contributed by atoms with Gasteiger partial charge in [0, 0.05) is 41.9 Å². The smallest absolute Gasteiger partial charge is 0.109 e. The van der Waals surface area contributed by atoms with Gasteiger partial charge in [-0.2, -0.15) is 5.26 Å². The van der Waals surface area contributed by atoms with E-state index in [0.29, 0.717) is 28.1 Å². The molecule has 2 N–H and O–H groups in total. The largest absolute Gasteiger partial charge is 0.381 e. The van der Waals surface area contributed by atoms with Crippen LogP contribution in [-0.4, -0.2) is 49.5 Å². The summed E-state index contributed by atoms with van der Waals surface area (Å²) < 4.78 is 2.05. The Hall–Kier alpha value is -3.67. The second-order valence-corrected chi connectivity index (χ2v) is 14.3. The summed E-state index contributed by atoms with van der Waals surface area (Å²) in [7, 11) is 0. The van der Waals surface area contributed by atoms with Gasteiger partial charge in [0.15, 0.2) is 0 Å². The molecule has 2 aromatic heterocycles. The molecule has 2 aliphatic rings. The van der Waals surface area contributed by atoms with Gasteiger partial charge in [0.2, 0.25) is 0 Å². The lowest BCUT2D eigenvalue weighted by Crippen LogP contribution is -2.46. The fourth-order valence-corrected chi connectivity index (χ4v) is 7.37. The van der Waals surface area contributed by atoms with E-state index in [1.807, 2.05) is 24.3 Å². The van der Waals surface area contributed by atoms with Crippen molar-refractivity contribution in [2.75, 3.05) is 23.7 Å². The van der Waals surface area contributed by atoms with E-state index in [4.69, 9.17) is 11.6 Å². The Morgan fingerprint density at radius 3 is 2.42 bits per heavy atom. The first-order valence-electron chi connectivity index (χ1n) is 16.5. The molecule has 0 amide bonds. The number of fused-ring (bicyclic) bond motifs is 1. The normalized spacial score (nSPS) is 18.4.